The van der Waals surface area contributed by atoms with Crippen molar-refractivity contribution in [3.63, 3.8) is 0 Å². The maximum Gasteiger partial charge on any atom is 0.0406 e. The molecule has 1 heterocycles. The first-order valence-corrected chi connectivity index (χ1v) is 7.50. The average molecular weight is 287 g/mol. The summed E-state index contributed by atoms with van der Waals surface area (Å²) in [4.78, 5) is 0. The van der Waals surface area contributed by atoms with E-state index in [1.165, 1.54) is 22.4 Å². The van der Waals surface area contributed by atoms with Crippen molar-refractivity contribution in [3.05, 3.63) is 64.2 Å². The van der Waals surface area contributed by atoms with Gasteiger partial charge < -0.3 is 10.6 Å². The van der Waals surface area contributed by atoms with Crippen LogP contribution in [-0.4, -0.2) is 13.1 Å². The Balaban J connectivity index is 1.47. The van der Waals surface area contributed by atoms with Crippen LogP contribution in [-0.2, 0) is 19.4 Å². The molecule has 2 N–H and O–H groups in total. The highest BCUT2D eigenvalue weighted by Gasteiger charge is 2.09. The second-order valence-corrected chi connectivity index (χ2v) is 5.66. The molecule has 0 unspecified atom stereocenters. The molecule has 2 aromatic rings. The maximum absolute atomic E-state index is 5.87. The molecule has 0 atom stereocenters. The Morgan fingerprint density at radius 3 is 2.70 bits per heavy atom. The second kappa shape index (κ2) is 6.29. The van der Waals surface area contributed by atoms with E-state index in [-0.39, 0.29) is 0 Å². The first-order valence-electron chi connectivity index (χ1n) is 7.12. The number of anilines is 1. The van der Waals surface area contributed by atoms with E-state index < -0.39 is 0 Å². The first-order chi connectivity index (χ1) is 9.81. The summed E-state index contributed by atoms with van der Waals surface area (Å²) in [6, 6.07) is 14.8. The van der Waals surface area contributed by atoms with Crippen molar-refractivity contribution in [2.75, 3.05) is 18.4 Å². The summed E-state index contributed by atoms with van der Waals surface area (Å²) in [5, 5.41) is 7.66. The molecule has 0 bridgehead atoms. The van der Waals surface area contributed by atoms with E-state index in [2.05, 4.69) is 41.0 Å². The van der Waals surface area contributed by atoms with E-state index in [9.17, 15) is 0 Å². The highest BCUT2D eigenvalue weighted by Crippen LogP contribution is 2.23. The minimum absolute atomic E-state index is 0.792. The van der Waals surface area contributed by atoms with Crippen molar-refractivity contribution in [1.82, 2.24) is 5.32 Å². The molecule has 0 spiro atoms. The van der Waals surface area contributed by atoms with Crippen LogP contribution in [0.25, 0.3) is 0 Å². The van der Waals surface area contributed by atoms with Gasteiger partial charge in [0.15, 0.2) is 0 Å². The van der Waals surface area contributed by atoms with Crippen molar-refractivity contribution in [2.24, 2.45) is 0 Å². The lowest BCUT2D eigenvalue weighted by molar-refractivity contribution is 0.687. The van der Waals surface area contributed by atoms with Gasteiger partial charge in [-0.2, -0.15) is 0 Å². The van der Waals surface area contributed by atoms with Gasteiger partial charge in [0.25, 0.3) is 0 Å². The third-order valence-corrected chi connectivity index (χ3v) is 3.96. The summed E-state index contributed by atoms with van der Waals surface area (Å²) in [5.41, 5.74) is 5.45. The third-order valence-electron chi connectivity index (χ3n) is 3.71. The molecule has 2 nitrogen and oxygen atoms in total. The second-order valence-electron chi connectivity index (χ2n) is 5.22. The van der Waals surface area contributed by atoms with Crippen LogP contribution in [0.5, 0.6) is 0 Å². The SMILES string of the molecule is Clc1ccc(CNCCc2ccc3c(c2)CCN3)cc1. The Bertz CT molecular complexity index is 578. The van der Waals surface area contributed by atoms with E-state index in [1.807, 2.05) is 12.1 Å². The Hall–Kier alpha value is -1.51. The molecule has 1 aliphatic rings. The van der Waals surface area contributed by atoms with Crippen molar-refractivity contribution < 1.29 is 0 Å². The Morgan fingerprint density at radius 1 is 1.05 bits per heavy atom. The summed E-state index contributed by atoms with van der Waals surface area (Å²) in [7, 11) is 0. The zero-order valence-corrected chi connectivity index (χ0v) is 12.2. The topological polar surface area (TPSA) is 24.1 Å². The molecule has 0 amide bonds. The molecule has 0 aromatic heterocycles. The summed E-state index contributed by atoms with van der Waals surface area (Å²) >= 11 is 5.87. The average Bonchev–Trinajstić information content (AvgIpc) is 2.93. The number of benzene rings is 2. The predicted molar refractivity (Wildman–Crippen MR) is 85.5 cm³/mol. The van der Waals surface area contributed by atoms with Crippen LogP contribution in [0, 0.1) is 0 Å². The van der Waals surface area contributed by atoms with E-state index in [0.29, 0.717) is 0 Å². The standard InChI is InChI=1S/C17H19ClN2/c18-16-4-1-14(2-5-16)12-19-9-7-13-3-6-17-15(11-13)8-10-20-17/h1-6,11,19-20H,7-10,12H2. The van der Waals surface area contributed by atoms with Gasteiger partial charge in [-0.05, 0) is 54.3 Å². The fraction of sp³-hybridized carbons (Fsp3) is 0.294. The van der Waals surface area contributed by atoms with Crippen LogP contribution in [0.4, 0.5) is 5.69 Å². The molecule has 0 radical (unpaired) electrons. The monoisotopic (exact) mass is 286 g/mol. The van der Waals surface area contributed by atoms with Gasteiger partial charge in [0.1, 0.15) is 0 Å². The molecule has 0 aliphatic carbocycles. The van der Waals surface area contributed by atoms with E-state index in [1.54, 1.807) is 0 Å². The van der Waals surface area contributed by atoms with Crippen molar-refractivity contribution in [3.8, 4) is 0 Å². The number of nitrogens with one attached hydrogen (secondary N) is 2. The van der Waals surface area contributed by atoms with Gasteiger partial charge in [-0.15, -0.1) is 0 Å². The van der Waals surface area contributed by atoms with Gasteiger partial charge in [-0.1, -0.05) is 35.9 Å². The van der Waals surface area contributed by atoms with Gasteiger partial charge in [0, 0.05) is 23.8 Å². The van der Waals surface area contributed by atoms with E-state index >= 15 is 0 Å². The molecule has 1 aliphatic heterocycles. The van der Waals surface area contributed by atoms with Gasteiger partial charge >= 0.3 is 0 Å². The van der Waals surface area contributed by atoms with Crippen LogP contribution >= 0.6 is 11.6 Å². The number of fused-ring (bicyclic) bond motifs is 1. The third kappa shape index (κ3) is 3.33. The Kier molecular flexibility index (Phi) is 4.24. The normalized spacial score (nSPS) is 13.1. The highest BCUT2D eigenvalue weighted by atomic mass is 35.5. The molecule has 3 heteroatoms. The minimum atomic E-state index is 0.792. The molecule has 0 saturated heterocycles. The highest BCUT2D eigenvalue weighted by molar-refractivity contribution is 6.30. The summed E-state index contributed by atoms with van der Waals surface area (Å²) in [6.07, 6.45) is 2.22. The minimum Gasteiger partial charge on any atom is -0.384 e. The number of halogens is 1. The Labute approximate surface area is 125 Å². The fourth-order valence-corrected chi connectivity index (χ4v) is 2.71. The summed E-state index contributed by atoms with van der Waals surface area (Å²) in [5.74, 6) is 0. The lowest BCUT2D eigenvalue weighted by atomic mass is 10.1. The molecule has 20 heavy (non-hydrogen) atoms. The molecular weight excluding hydrogens is 268 g/mol. The van der Waals surface area contributed by atoms with Gasteiger partial charge in [0.2, 0.25) is 0 Å². The molecule has 2 aromatic carbocycles. The predicted octanol–water partition coefficient (Wildman–Crippen LogP) is 3.64. The molecular formula is C17H19ClN2. The summed E-state index contributed by atoms with van der Waals surface area (Å²) < 4.78 is 0. The van der Waals surface area contributed by atoms with Gasteiger partial charge in [-0.25, -0.2) is 0 Å². The first kappa shape index (κ1) is 13.5. The maximum atomic E-state index is 5.87. The molecule has 0 saturated carbocycles. The van der Waals surface area contributed by atoms with Crippen LogP contribution in [0.1, 0.15) is 16.7 Å². The molecule has 0 fully saturated rings. The lowest BCUT2D eigenvalue weighted by Gasteiger charge is -2.07. The van der Waals surface area contributed by atoms with Crippen LogP contribution in [0.15, 0.2) is 42.5 Å². The van der Waals surface area contributed by atoms with Gasteiger partial charge in [0.05, 0.1) is 0 Å². The van der Waals surface area contributed by atoms with Crippen molar-refractivity contribution in [1.29, 1.82) is 0 Å². The van der Waals surface area contributed by atoms with E-state index in [0.717, 1.165) is 37.5 Å². The molecule has 3 rings (SSSR count). The van der Waals surface area contributed by atoms with Crippen LogP contribution in [0.2, 0.25) is 5.02 Å². The smallest absolute Gasteiger partial charge is 0.0406 e. The largest absolute Gasteiger partial charge is 0.384 e. The number of hydrogen-bond acceptors (Lipinski definition) is 2. The number of rotatable bonds is 5. The van der Waals surface area contributed by atoms with Gasteiger partial charge in [-0.3, -0.25) is 0 Å². The van der Waals surface area contributed by atoms with E-state index in [4.69, 9.17) is 11.6 Å². The quantitative estimate of drug-likeness (QED) is 0.820. The van der Waals surface area contributed by atoms with Crippen LogP contribution in [0.3, 0.4) is 0 Å². The lowest BCUT2D eigenvalue weighted by Crippen LogP contribution is -2.16. The van der Waals surface area contributed by atoms with Crippen molar-refractivity contribution in [2.45, 2.75) is 19.4 Å². The zero-order valence-electron chi connectivity index (χ0n) is 11.5. The number of hydrogen-bond donors (Lipinski definition) is 2. The van der Waals surface area contributed by atoms with Crippen molar-refractivity contribution >= 4 is 17.3 Å². The fourth-order valence-electron chi connectivity index (χ4n) is 2.58. The Morgan fingerprint density at radius 2 is 1.85 bits per heavy atom. The zero-order chi connectivity index (χ0) is 13.8. The molecule has 104 valence electrons. The summed E-state index contributed by atoms with van der Waals surface area (Å²) in [6.45, 7) is 2.96. The van der Waals surface area contributed by atoms with Crippen LogP contribution < -0.4 is 10.6 Å².